The van der Waals surface area contributed by atoms with Gasteiger partial charge >= 0.3 is 0 Å². The Balaban J connectivity index is 1.27. The Labute approximate surface area is 157 Å². The Hall–Kier alpha value is -3.02. The molecular weight excluding hydrogens is 338 g/mol. The SMILES string of the molecule is O=C(c1cccc2ncccc12)N1CCC2(CC(Nc3ccncn3)C2)C1. The molecule has 136 valence electrons. The molecule has 0 unspecified atom stereocenters. The minimum absolute atomic E-state index is 0.123. The predicted octanol–water partition coefficient (Wildman–Crippen LogP) is 3.13. The van der Waals surface area contributed by atoms with E-state index >= 15 is 0 Å². The first-order valence-electron chi connectivity index (χ1n) is 9.38. The molecule has 6 nitrogen and oxygen atoms in total. The van der Waals surface area contributed by atoms with Crippen molar-refractivity contribution in [3.8, 4) is 0 Å². The lowest BCUT2D eigenvalue weighted by Gasteiger charge is -2.45. The van der Waals surface area contributed by atoms with Gasteiger partial charge in [-0.15, -0.1) is 0 Å². The van der Waals surface area contributed by atoms with Crippen LogP contribution in [0.1, 0.15) is 29.6 Å². The molecule has 1 amide bonds. The number of hydrogen-bond donors (Lipinski definition) is 1. The van der Waals surface area contributed by atoms with E-state index < -0.39 is 0 Å². The molecule has 27 heavy (non-hydrogen) atoms. The van der Waals surface area contributed by atoms with E-state index in [4.69, 9.17) is 0 Å². The molecule has 0 bridgehead atoms. The molecule has 0 atom stereocenters. The number of anilines is 1. The lowest BCUT2D eigenvalue weighted by Crippen LogP contribution is -2.47. The van der Waals surface area contributed by atoms with Crippen molar-refractivity contribution < 1.29 is 4.79 Å². The zero-order valence-electron chi connectivity index (χ0n) is 15.0. The molecule has 1 saturated carbocycles. The van der Waals surface area contributed by atoms with E-state index in [2.05, 4.69) is 20.3 Å². The molecule has 1 aromatic carbocycles. The van der Waals surface area contributed by atoms with Crippen LogP contribution in [-0.4, -0.2) is 44.9 Å². The maximum absolute atomic E-state index is 13.1. The third kappa shape index (κ3) is 2.91. The number of fused-ring (bicyclic) bond motifs is 1. The van der Waals surface area contributed by atoms with Crippen molar-refractivity contribution in [3.05, 3.63) is 60.7 Å². The van der Waals surface area contributed by atoms with E-state index in [1.54, 1.807) is 18.7 Å². The third-order valence-corrected chi connectivity index (χ3v) is 5.89. The van der Waals surface area contributed by atoms with Crippen LogP contribution in [0.3, 0.4) is 0 Å². The zero-order chi connectivity index (χ0) is 18.3. The molecule has 1 spiro atoms. The average Bonchev–Trinajstić information content (AvgIpc) is 3.13. The summed E-state index contributed by atoms with van der Waals surface area (Å²) in [5, 5.41) is 4.40. The van der Waals surface area contributed by atoms with Gasteiger partial charge in [0.2, 0.25) is 0 Å². The number of nitrogens with zero attached hydrogens (tertiary/aromatic N) is 4. The predicted molar refractivity (Wildman–Crippen MR) is 103 cm³/mol. The largest absolute Gasteiger partial charge is 0.367 e. The fourth-order valence-corrected chi connectivity index (χ4v) is 4.57. The van der Waals surface area contributed by atoms with Gasteiger partial charge in [0.25, 0.3) is 5.91 Å². The van der Waals surface area contributed by atoms with Crippen molar-refractivity contribution in [2.24, 2.45) is 5.41 Å². The first-order valence-corrected chi connectivity index (χ1v) is 9.38. The first kappa shape index (κ1) is 16.2. The molecule has 1 N–H and O–H groups in total. The maximum atomic E-state index is 13.1. The normalized spacial score (nSPS) is 24.1. The Morgan fingerprint density at radius 2 is 2.04 bits per heavy atom. The van der Waals surface area contributed by atoms with Gasteiger partial charge in [0.1, 0.15) is 12.1 Å². The van der Waals surface area contributed by atoms with E-state index in [1.165, 1.54) is 0 Å². The van der Waals surface area contributed by atoms with E-state index in [-0.39, 0.29) is 11.3 Å². The summed E-state index contributed by atoms with van der Waals surface area (Å²) >= 11 is 0. The quantitative estimate of drug-likeness (QED) is 0.778. The van der Waals surface area contributed by atoms with Crippen molar-refractivity contribution in [2.75, 3.05) is 18.4 Å². The van der Waals surface area contributed by atoms with Crippen molar-refractivity contribution in [1.82, 2.24) is 19.9 Å². The first-order chi connectivity index (χ1) is 13.2. The van der Waals surface area contributed by atoms with Crippen LogP contribution in [0.4, 0.5) is 5.82 Å². The van der Waals surface area contributed by atoms with Crippen LogP contribution in [0.2, 0.25) is 0 Å². The lowest BCUT2D eigenvalue weighted by atomic mass is 9.65. The molecule has 2 aromatic heterocycles. The van der Waals surface area contributed by atoms with E-state index in [1.807, 2.05) is 41.3 Å². The second kappa shape index (κ2) is 6.30. The van der Waals surface area contributed by atoms with Crippen molar-refractivity contribution >= 4 is 22.6 Å². The Morgan fingerprint density at radius 1 is 1.11 bits per heavy atom. The molecule has 0 radical (unpaired) electrons. The highest BCUT2D eigenvalue weighted by Gasteiger charge is 2.49. The number of likely N-dealkylation sites (tertiary alicyclic amines) is 1. The monoisotopic (exact) mass is 359 g/mol. The minimum atomic E-state index is 0.123. The minimum Gasteiger partial charge on any atom is -0.367 e. The summed E-state index contributed by atoms with van der Waals surface area (Å²) in [6.45, 7) is 1.67. The Kier molecular flexibility index (Phi) is 3.77. The van der Waals surface area contributed by atoms with E-state index in [9.17, 15) is 4.79 Å². The maximum Gasteiger partial charge on any atom is 0.254 e. The summed E-state index contributed by atoms with van der Waals surface area (Å²) in [5.41, 5.74) is 1.88. The fraction of sp³-hybridized carbons (Fsp3) is 0.333. The van der Waals surface area contributed by atoms with Gasteiger partial charge in [-0.2, -0.15) is 0 Å². The Bertz CT molecular complexity index is 979. The molecule has 1 aliphatic carbocycles. The van der Waals surface area contributed by atoms with Crippen molar-refractivity contribution in [1.29, 1.82) is 0 Å². The molecule has 6 heteroatoms. The number of rotatable bonds is 3. The molecular formula is C21H21N5O. The van der Waals surface area contributed by atoms with Gasteiger partial charge in [0.15, 0.2) is 0 Å². The van der Waals surface area contributed by atoms with Crippen LogP contribution in [0, 0.1) is 5.41 Å². The van der Waals surface area contributed by atoms with Crippen LogP contribution in [0.5, 0.6) is 0 Å². The number of nitrogens with one attached hydrogen (secondary N) is 1. The number of hydrogen-bond acceptors (Lipinski definition) is 5. The summed E-state index contributed by atoms with van der Waals surface area (Å²) in [4.78, 5) is 27.7. The number of pyridine rings is 1. The molecule has 5 rings (SSSR count). The smallest absolute Gasteiger partial charge is 0.254 e. The third-order valence-electron chi connectivity index (χ3n) is 5.89. The van der Waals surface area contributed by atoms with Gasteiger partial charge in [-0.05, 0) is 48.9 Å². The molecule has 2 aliphatic rings. The van der Waals surface area contributed by atoms with Gasteiger partial charge < -0.3 is 10.2 Å². The van der Waals surface area contributed by atoms with E-state index in [0.717, 1.165) is 54.6 Å². The summed E-state index contributed by atoms with van der Waals surface area (Å²) < 4.78 is 0. The molecule has 3 aromatic rings. The molecule has 3 heterocycles. The van der Waals surface area contributed by atoms with Gasteiger partial charge in [-0.25, -0.2) is 9.97 Å². The number of benzene rings is 1. The summed E-state index contributed by atoms with van der Waals surface area (Å²) in [7, 11) is 0. The summed E-state index contributed by atoms with van der Waals surface area (Å²) in [6, 6.07) is 12.0. The van der Waals surface area contributed by atoms with Crippen molar-refractivity contribution in [2.45, 2.75) is 25.3 Å². The van der Waals surface area contributed by atoms with E-state index in [0.29, 0.717) is 6.04 Å². The van der Waals surface area contributed by atoms with Crippen LogP contribution in [0.25, 0.3) is 10.9 Å². The van der Waals surface area contributed by atoms with Crippen molar-refractivity contribution in [3.63, 3.8) is 0 Å². The van der Waals surface area contributed by atoms with Crippen LogP contribution in [0.15, 0.2) is 55.1 Å². The highest BCUT2D eigenvalue weighted by Crippen LogP contribution is 2.49. The van der Waals surface area contributed by atoms with Gasteiger partial charge in [-0.3, -0.25) is 9.78 Å². The van der Waals surface area contributed by atoms with Gasteiger partial charge in [-0.1, -0.05) is 12.1 Å². The topological polar surface area (TPSA) is 71.0 Å². The summed E-state index contributed by atoms with van der Waals surface area (Å²) in [5.74, 6) is 0.997. The highest BCUT2D eigenvalue weighted by molar-refractivity contribution is 6.06. The highest BCUT2D eigenvalue weighted by atomic mass is 16.2. The number of aromatic nitrogens is 3. The standard InChI is InChI=1S/C21H21N5O/c27-20(17-3-1-5-18-16(17)4-2-8-23-18)26-10-7-21(13-26)11-15(12-21)25-19-6-9-22-14-24-19/h1-6,8-9,14-15H,7,10-13H2,(H,22,24,25). The zero-order valence-corrected chi connectivity index (χ0v) is 15.0. The van der Waals surface area contributed by atoms with Crippen LogP contribution >= 0.6 is 0 Å². The second-order valence-corrected chi connectivity index (χ2v) is 7.70. The molecule has 2 fully saturated rings. The Morgan fingerprint density at radius 3 is 2.89 bits per heavy atom. The average molecular weight is 359 g/mol. The van der Waals surface area contributed by atoms with Gasteiger partial charge in [0, 0.05) is 42.5 Å². The van der Waals surface area contributed by atoms with Crippen LogP contribution in [-0.2, 0) is 0 Å². The molecule has 1 saturated heterocycles. The fourth-order valence-electron chi connectivity index (χ4n) is 4.57. The number of carbonyl (C=O) groups is 1. The number of carbonyl (C=O) groups excluding carboxylic acids is 1. The number of amides is 1. The summed E-state index contributed by atoms with van der Waals surface area (Å²) in [6.07, 6.45) is 8.31. The lowest BCUT2D eigenvalue weighted by molar-refractivity contribution is 0.0718. The second-order valence-electron chi connectivity index (χ2n) is 7.70. The van der Waals surface area contributed by atoms with Crippen LogP contribution < -0.4 is 5.32 Å². The molecule has 1 aliphatic heterocycles. The van der Waals surface area contributed by atoms with Gasteiger partial charge in [0.05, 0.1) is 5.52 Å².